The highest BCUT2D eigenvalue weighted by Gasteiger charge is 2.23. The van der Waals surface area contributed by atoms with Crippen molar-refractivity contribution in [2.75, 3.05) is 7.11 Å². The first-order valence-electron chi connectivity index (χ1n) is 3.55. The maximum absolute atomic E-state index is 5.21. The lowest BCUT2D eigenvalue weighted by Crippen LogP contribution is -2.19. The highest BCUT2D eigenvalue weighted by atomic mass is 16.5. The number of aryl methyl sites for hydroxylation is 1. The fourth-order valence-corrected chi connectivity index (χ4v) is 0.755. The number of aromatic nitrogens is 1. The van der Waals surface area contributed by atoms with Gasteiger partial charge in [0, 0.05) is 13.2 Å². The Hall–Kier alpha value is -0.830. The van der Waals surface area contributed by atoms with Crippen molar-refractivity contribution in [3.05, 3.63) is 17.5 Å². The molecule has 0 N–H and O–H groups in total. The number of methoxy groups -OCH3 is 1. The van der Waals surface area contributed by atoms with E-state index in [9.17, 15) is 0 Å². The van der Waals surface area contributed by atoms with Gasteiger partial charge in [-0.1, -0.05) is 12.6 Å². The first kappa shape index (κ1) is 11.2. The van der Waals surface area contributed by atoms with Crippen LogP contribution in [0.3, 0.4) is 0 Å². The zero-order valence-electron chi connectivity index (χ0n) is 7.34. The minimum Gasteiger partial charge on any atom is -0.372 e. The van der Waals surface area contributed by atoms with Gasteiger partial charge in [-0.05, 0) is 20.8 Å². The third kappa shape index (κ3) is 2.08. The lowest BCUT2D eigenvalue weighted by molar-refractivity contribution is 0.0130. The van der Waals surface area contributed by atoms with Crippen LogP contribution >= 0.6 is 0 Å². The lowest BCUT2D eigenvalue weighted by Gasteiger charge is -2.18. The summed E-state index contributed by atoms with van der Waals surface area (Å²) in [6, 6.07) is 1.88. The van der Waals surface area contributed by atoms with Crippen LogP contribution in [0, 0.1) is 6.92 Å². The van der Waals surface area contributed by atoms with Crippen molar-refractivity contribution in [1.29, 1.82) is 0 Å². The molecule has 1 aromatic heterocycles. The van der Waals surface area contributed by atoms with Gasteiger partial charge in [-0.15, -0.1) is 0 Å². The Morgan fingerprint density at radius 3 is 2.42 bits per heavy atom. The summed E-state index contributed by atoms with van der Waals surface area (Å²) in [7, 11) is 1.66. The SMILES string of the molecule is C.COC(C)(C)c1cc(C)on1. The Bertz CT molecular complexity index is 240. The molecule has 0 spiro atoms. The van der Waals surface area contributed by atoms with E-state index in [0.717, 1.165) is 11.5 Å². The minimum atomic E-state index is -0.349. The van der Waals surface area contributed by atoms with Crippen LogP contribution < -0.4 is 0 Å². The molecule has 1 rings (SSSR count). The Balaban J connectivity index is 0.00000121. The van der Waals surface area contributed by atoms with Crippen LogP contribution in [0.5, 0.6) is 0 Å². The van der Waals surface area contributed by atoms with Crippen LogP contribution in [0.15, 0.2) is 10.6 Å². The number of nitrogens with zero attached hydrogens (tertiary/aromatic N) is 1. The molecule has 0 aliphatic rings. The van der Waals surface area contributed by atoms with E-state index in [1.807, 2.05) is 26.8 Å². The fourth-order valence-electron chi connectivity index (χ4n) is 0.755. The molecule has 0 fully saturated rings. The zero-order valence-corrected chi connectivity index (χ0v) is 7.34. The summed E-state index contributed by atoms with van der Waals surface area (Å²) in [4.78, 5) is 0. The van der Waals surface area contributed by atoms with Crippen LogP contribution in [0.1, 0.15) is 32.7 Å². The van der Waals surface area contributed by atoms with E-state index in [-0.39, 0.29) is 13.0 Å². The van der Waals surface area contributed by atoms with Gasteiger partial charge in [0.25, 0.3) is 0 Å². The third-order valence-corrected chi connectivity index (χ3v) is 1.76. The summed E-state index contributed by atoms with van der Waals surface area (Å²) in [5.74, 6) is 0.810. The van der Waals surface area contributed by atoms with Crippen molar-refractivity contribution < 1.29 is 9.26 Å². The zero-order chi connectivity index (χ0) is 8.48. The van der Waals surface area contributed by atoms with Crippen molar-refractivity contribution in [2.24, 2.45) is 0 Å². The Morgan fingerprint density at radius 1 is 1.50 bits per heavy atom. The van der Waals surface area contributed by atoms with Crippen LogP contribution in [0.2, 0.25) is 0 Å². The second-order valence-corrected chi connectivity index (χ2v) is 3.04. The van der Waals surface area contributed by atoms with Crippen LogP contribution in [-0.2, 0) is 10.3 Å². The molecule has 12 heavy (non-hydrogen) atoms. The van der Waals surface area contributed by atoms with E-state index in [4.69, 9.17) is 9.26 Å². The van der Waals surface area contributed by atoms with Crippen molar-refractivity contribution in [3.8, 4) is 0 Å². The smallest absolute Gasteiger partial charge is 0.134 e. The van der Waals surface area contributed by atoms with Gasteiger partial charge in [0.05, 0.1) is 0 Å². The van der Waals surface area contributed by atoms with Crippen LogP contribution in [0.4, 0.5) is 0 Å². The monoisotopic (exact) mass is 171 g/mol. The van der Waals surface area contributed by atoms with E-state index in [1.54, 1.807) is 7.11 Å². The van der Waals surface area contributed by atoms with Gasteiger partial charge in [0.15, 0.2) is 0 Å². The second-order valence-electron chi connectivity index (χ2n) is 3.04. The molecule has 0 amide bonds. The van der Waals surface area contributed by atoms with E-state index in [0.29, 0.717) is 0 Å². The van der Waals surface area contributed by atoms with Crippen molar-refractivity contribution in [1.82, 2.24) is 5.16 Å². The summed E-state index contributed by atoms with van der Waals surface area (Å²) in [6.07, 6.45) is 0. The Morgan fingerprint density at radius 2 is 2.08 bits per heavy atom. The summed E-state index contributed by atoms with van der Waals surface area (Å²) >= 11 is 0. The van der Waals surface area contributed by atoms with E-state index in [1.165, 1.54) is 0 Å². The first-order valence-corrected chi connectivity index (χ1v) is 3.55. The molecule has 70 valence electrons. The fraction of sp³-hybridized carbons (Fsp3) is 0.667. The standard InChI is InChI=1S/C8H13NO2.CH4/c1-6-5-7(9-11-6)8(2,3)10-4;/h5H,1-4H3;1H4. The second kappa shape index (κ2) is 3.72. The quantitative estimate of drug-likeness (QED) is 0.685. The van der Waals surface area contributed by atoms with Crippen molar-refractivity contribution in [3.63, 3.8) is 0 Å². The van der Waals surface area contributed by atoms with Crippen LogP contribution in [0.25, 0.3) is 0 Å². The molecule has 0 bridgehead atoms. The molecule has 0 unspecified atom stereocenters. The van der Waals surface area contributed by atoms with Gasteiger partial charge in [-0.25, -0.2) is 0 Å². The van der Waals surface area contributed by atoms with E-state index >= 15 is 0 Å². The topological polar surface area (TPSA) is 35.3 Å². The lowest BCUT2D eigenvalue weighted by atomic mass is 10.1. The maximum atomic E-state index is 5.21. The van der Waals surface area contributed by atoms with Crippen LogP contribution in [-0.4, -0.2) is 12.3 Å². The number of rotatable bonds is 2. The highest BCUT2D eigenvalue weighted by Crippen LogP contribution is 2.22. The summed E-state index contributed by atoms with van der Waals surface area (Å²) in [6.45, 7) is 5.76. The number of hydrogen-bond acceptors (Lipinski definition) is 3. The molecule has 0 aliphatic carbocycles. The summed E-state index contributed by atoms with van der Waals surface area (Å²) in [5, 5.41) is 3.86. The number of hydrogen-bond donors (Lipinski definition) is 0. The van der Waals surface area contributed by atoms with Gasteiger partial charge in [-0.2, -0.15) is 0 Å². The van der Waals surface area contributed by atoms with Gasteiger partial charge in [0.1, 0.15) is 17.1 Å². The molecule has 1 aromatic rings. The largest absolute Gasteiger partial charge is 0.372 e. The average molecular weight is 171 g/mol. The summed E-state index contributed by atoms with van der Waals surface area (Å²) < 4.78 is 10.1. The molecule has 0 aliphatic heterocycles. The summed E-state index contributed by atoms with van der Waals surface area (Å²) in [5.41, 5.74) is 0.482. The minimum absolute atomic E-state index is 0. The molecule has 0 atom stereocenters. The normalized spacial score (nSPS) is 11.0. The Kier molecular flexibility index (Phi) is 3.46. The van der Waals surface area contributed by atoms with Gasteiger partial charge in [0.2, 0.25) is 0 Å². The molecular formula is C9H17NO2. The Labute approximate surface area is 73.7 Å². The van der Waals surface area contributed by atoms with Gasteiger partial charge >= 0.3 is 0 Å². The molecule has 3 nitrogen and oxygen atoms in total. The molecule has 1 heterocycles. The third-order valence-electron chi connectivity index (χ3n) is 1.76. The predicted octanol–water partition coefficient (Wildman–Crippen LogP) is 2.50. The average Bonchev–Trinajstić information content (AvgIpc) is 2.36. The van der Waals surface area contributed by atoms with E-state index < -0.39 is 0 Å². The van der Waals surface area contributed by atoms with Gasteiger partial charge < -0.3 is 9.26 Å². The van der Waals surface area contributed by atoms with Gasteiger partial charge in [-0.3, -0.25) is 0 Å². The molecule has 0 radical (unpaired) electrons. The first-order chi connectivity index (χ1) is 5.06. The predicted molar refractivity (Wildman–Crippen MR) is 48.0 cm³/mol. The molecule has 3 heteroatoms. The highest BCUT2D eigenvalue weighted by molar-refractivity contribution is 5.10. The van der Waals surface area contributed by atoms with Crippen molar-refractivity contribution >= 4 is 0 Å². The molecule has 0 saturated heterocycles. The number of ether oxygens (including phenoxy) is 1. The van der Waals surface area contributed by atoms with Crippen molar-refractivity contribution in [2.45, 2.75) is 33.8 Å². The van der Waals surface area contributed by atoms with E-state index in [2.05, 4.69) is 5.16 Å². The molecule has 0 saturated carbocycles. The maximum Gasteiger partial charge on any atom is 0.134 e. The molecule has 0 aromatic carbocycles. The molecular weight excluding hydrogens is 154 g/mol.